The van der Waals surface area contributed by atoms with Crippen LogP contribution in [0.4, 0.5) is 0 Å². The Morgan fingerprint density at radius 2 is 2.19 bits per heavy atom. The van der Waals surface area contributed by atoms with Crippen LogP contribution in [0.1, 0.15) is 36.0 Å². The first-order chi connectivity index (χ1) is 9.93. The fraction of sp³-hybridized carbons (Fsp3) is 0.385. The third-order valence-electron chi connectivity index (χ3n) is 3.18. The maximum atomic E-state index is 11.6. The molecule has 8 heteroatoms. The summed E-state index contributed by atoms with van der Waals surface area (Å²) < 4.78 is 33.7. The molecule has 0 aliphatic heterocycles. The van der Waals surface area contributed by atoms with Gasteiger partial charge < -0.3 is 9.26 Å². The zero-order valence-corrected chi connectivity index (χ0v) is 12.3. The molecule has 0 radical (unpaired) electrons. The van der Waals surface area contributed by atoms with Crippen molar-refractivity contribution in [2.45, 2.75) is 37.2 Å². The van der Waals surface area contributed by atoms with Gasteiger partial charge in [0.2, 0.25) is 10.0 Å². The first-order valence-electron chi connectivity index (χ1n) is 6.52. The number of rotatable bonds is 5. The SMILES string of the molecule is Cc1ccc(OCc2nc(C3CC3)no2)c(S(N)(=O)=O)c1. The molecule has 21 heavy (non-hydrogen) atoms. The molecule has 1 heterocycles. The van der Waals surface area contributed by atoms with E-state index in [4.69, 9.17) is 14.4 Å². The molecule has 1 fully saturated rings. The molecule has 112 valence electrons. The Kier molecular flexibility index (Phi) is 3.42. The molecule has 0 spiro atoms. The molecule has 1 aliphatic carbocycles. The first kappa shape index (κ1) is 14.0. The molecule has 1 aromatic carbocycles. The quantitative estimate of drug-likeness (QED) is 0.896. The van der Waals surface area contributed by atoms with Crippen molar-refractivity contribution in [2.24, 2.45) is 5.14 Å². The van der Waals surface area contributed by atoms with Crippen LogP contribution in [0.15, 0.2) is 27.6 Å². The lowest BCUT2D eigenvalue weighted by Gasteiger charge is -2.09. The highest BCUT2D eigenvalue weighted by molar-refractivity contribution is 7.89. The van der Waals surface area contributed by atoms with E-state index in [1.807, 2.05) is 0 Å². The van der Waals surface area contributed by atoms with Gasteiger partial charge in [-0.15, -0.1) is 0 Å². The van der Waals surface area contributed by atoms with Crippen LogP contribution in [0.2, 0.25) is 0 Å². The van der Waals surface area contributed by atoms with E-state index < -0.39 is 10.0 Å². The van der Waals surface area contributed by atoms with Crippen molar-refractivity contribution >= 4 is 10.0 Å². The Morgan fingerprint density at radius 3 is 2.86 bits per heavy atom. The number of benzene rings is 1. The minimum Gasteiger partial charge on any atom is -0.482 e. The summed E-state index contributed by atoms with van der Waals surface area (Å²) in [6, 6.07) is 4.77. The monoisotopic (exact) mass is 309 g/mol. The molecule has 0 bridgehead atoms. The van der Waals surface area contributed by atoms with E-state index in [2.05, 4.69) is 10.1 Å². The molecule has 1 aromatic heterocycles. The zero-order chi connectivity index (χ0) is 15.0. The van der Waals surface area contributed by atoms with Gasteiger partial charge in [-0.25, -0.2) is 13.6 Å². The van der Waals surface area contributed by atoms with Gasteiger partial charge in [0, 0.05) is 5.92 Å². The van der Waals surface area contributed by atoms with Gasteiger partial charge in [0.05, 0.1) is 0 Å². The second-order valence-electron chi connectivity index (χ2n) is 5.10. The standard InChI is InChI=1S/C13H15N3O4S/c1-8-2-5-10(11(6-8)21(14,17)18)19-7-12-15-13(16-20-12)9-3-4-9/h2,5-6,9H,3-4,7H2,1H3,(H2,14,17,18). The molecule has 2 aromatic rings. The average Bonchev–Trinajstić information content (AvgIpc) is 3.16. The lowest BCUT2D eigenvalue weighted by molar-refractivity contribution is 0.237. The molecule has 0 atom stereocenters. The second kappa shape index (κ2) is 5.12. The summed E-state index contributed by atoms with van der Waals surface area (Å²) in [7, 11) is -3.85. The van der Waals surface area contributed by atoms with E-state index in [0.717, 1.165) is 18.4 Å². The summed E-state index contributed by atoms with van der Waals surface area (Å²) in [5, 5.41) is 9.06. The maximum absolute atomic E-state index is 11.6. The Hall–Kier alpha value is -1.93. The van der Waals surface area contributed by atoms with E-state index in [9.17, 15) is 8.42 Å². The van der Waals surface area contributed by atoms with E-state index in [-0.39, 0.29) is 17.3 Å². The van der Waals surface area contributed by atoms with E-state index in [0.29, 0.717) is 17.6 Å². The van der Waals surface area contributed by atoms with Crippen LogP contribution in [-0.2, 0) is 16.6 Å². The highest BCUT2D eigenvalue weighted by Gasteiger charge is 2.28. The Labute approximate surface area is 122 Å². The summed E-state index contributed by atoms with van der Waals surface area (Å²) in [6.45, 7) is 1.78. The van der Waals surface area contributed by atoms with E-state index in [1.54, 1.807) is 19.1 Å². The predicted molar refractivity (Wildman–Crippen MR) is 73.2 cm³/mol. The van der Waals surface area contributed by atoms with Gasteiger partial charge in [0.25, 0.3) is 5.89 Å². The van der Waals surface area contributed by atoms with Crippen molar-refractivity contribution < 1.29 is 17.7 Å². The number of sulfonamides is 1. The average molecular weight is 309 g/mol. The number of hydrogen-bond acceptors (Lipinski definition) is 6. The molecule has 7 nitrogen and oxygen atoms in total. The summed E-state index contributed by atoms with van der Waals surface area (Å²) in [6.07, 6.45) is 2.15. The second-order valence-corrected chi connectivity index (χ2v) is 6.63. The van der Waals surface area contributed by atoms with Crippen LogP contribution in [0.5, 0.6) is 5.75 Å². The molecule has 3 rings (SSSR count). The lowest BCUT2D eigenvalue weighted by Crippen LogP contribution is -2.14. The van der Waals surface area contributed by atoms with Gasteiger partial charge >= 0.3 is 0 Å². The van der Waals surface area contributed by atoms with Crippen molar-refractivity contribution in [3.63, 3.8) is 0 Å². The minimum absolute atomic E-state index is 0.00526. The molecular formula is C13H15N3O4S. The van der Waals surface area contributed by atoms with Gasteiger partial charge in [-0.3, -0.25) is 0 Å². The summed E-state index contributed by atoms with van der Waals surface area (Å²) in [5.41, 5.74) is 0.778. The van der Waals surface area contributed by atoms with Crippen LogP contribution in [0, 0.1) is 6.92 Å². The number of nitrogens with two attached hydrogens (primary N) is 1. The van der Waals surface area contributed by atoms with Gasteiger partial charge in [-0.05, 0) is 37.5 Å². The van der Waals surface area contributed by atoms with Crippen LogP contribution >= 0.6 is 0 Å². The molecular weight excluding hydrogens is 294 g/mol. The van der Waals surface area contributed by atoms with E-state index >= 15 is 0 Å². The number of ether oxygens (including phenoxy) is 1. The molecule has 1 saturated carbocycles. The fourth-order valence-corrected chi connectivity index (χ4v) is 2.69. The Morgan fingerprint density at radius 1 is 1.43 bits per heavy atom. The first-order valence-corrected chi connectivity index (χ1v) is 8.07. The number of hydrogen-bond donors (Lipinski definition) is 1. The van der Waals surface area contributed by atoms with Gasteiger partial charge in [0.15, 0.2) is 12.4 Å². The van der Waals surface area contributed by atoms with Crippen molar-refractivity contribution in [3.05, 3.63) is 35.5 Å². The summed E-state index contributed by atoms with van der Waals surface area (Å²) in [4.78, 5) is 4.16. The molecule has 2 N–H and O–H groups in total. The number of nitrogens with zero attached hydrogens (tertiary/aromatic N) is 2. The highest BCUT2D eigenvalue weighted by Crippen LogP contribution is 2.38. The van der Waals surface area contributed by atoms with Crippen LogP contribution in [0.3, 0.4) is 0 Å². The minimum atomic E-state index is -3.85. The zero-order valence-electron chi connectivity index (χ0n) is 11.4. The van der Waals surface area contributed by atoms with Crippen molar-refractivity contribution in [1.82, 2.24) is 10.1 Å². The third-order valence-corrected chi connectivity index (χ3v) is 4.12. The topological polar surface area (TPSA) is 108 Å². The van der Waals surface area contributed by atoms with Crippen molar-refractivity contribution in [2.75, 3.05) is 0 Å². The van der Waals surface area contributed by atoms with E-state index in [1.165, 1.54) is 6.07 Å². The molecule has 0 amide bonds. The molecule has 0 unspecified atom stereocenters. The molecule has 1 aliphatic rings. The normalized spacial score (nSPS) is 15.1. The molecule has 0 saturated heterocycles. The fourth-order valence-electron chi connectivity index (χ4n) is 1.93. The summed E-state index contributed by atoms with van der Waals surface area (Å²) >= 11 is 0. The maximum Gasteiger partial charge on any atom is 0.264 e. The summed E-state index contributed by atoms with van der Waals surface area (Å²) in [5.74, 6) is 1.57. The van der Waals surface area contributed by atoms with Gasteiger partial charge in [0.1, 0.15) is 10.6 Å². The number of aryl methyl sites for hydroxylation is 1. The Balaban J connectivity index is 1.77. The van der Waals surface area contributed by atoms with Crippen molar-refractivity contribution in [3.8, 4) is 5.75 Å². The third kappa shape index (κ3) is 3.22. The predicted octanol–water partition coefficient (Wildman–Crippen LogP) is 1.48. The smallest absolute Gasteiger partial charge is 0.264 e. The van der Waals surface area contributed by atoms with Crippen molar-refractivity contribution in [1.29, 1.82) is 0 Å². The van der Waals surface area contributed by atoms with Crippen LogP contribution < -0.4 is 9.88 Å². The Bertz CT molecular complexity index is 765. The largest absolute Gasteiger partial charge is 0.482 e. The van der Waals surface area contributed by atoms with Gasteiger partial charge in [-0.2, -0.15) is 4.98 Å². The number of primary sulfonamides is 1. The highest BCUT2D eigenvalue weighted by atomic mass is 32.2. The van der Waals surface area contributed by atoms with Gasteiger partial charge in [-0.1, -0.05) is 11.2 Å². The number of aromatic nitrogens is 2. The van der Waals surface area contributed by atoms with Crippen LogP contribution in [0.25, 0.3) is 0 Å². The lowest BCUT2D eigenvalue weighted by atomic mass is 10.2. The van der Waals surface area contributed by atoms with Crippen LogP contribution in [-0.4, -0.2) is 18.6 Å².